The number of hydrogen-bond acceptors (Lipinski definition) is 2. The number of nitrogens with one attached hydrogen (secondary N) is 1. The molecule has 1 aromatic heterocycles. The Morgan fingerprint density at radius 2 is 1.90 bits per heavy atom. The Morgan fingerprint density at radius 1 is 1.05 bits per heavy atom. The second-order valence-electron chi connectivity index (χ2n) is 5.05. The van der Waals surface area contributed by atoms with Gasteiger partial charge in [0.05, 0.1) is 0 Å². The lowest BCUT2D eigenvalue weighted by atomic mass is 10.0. The van der Waals surface area contributed by atoms with Crippen molar-refractivity contribution in [1.29, 1.82) is 0 Å². The first-order valence-electron chi connectivity index (χ1n) is 6.50. The van der Waals surface area contributed by atoms with Crippen LogP contribution in [0.1, 0.15) is 5.56 Å². The average molecular weight is 287 g/mol. The van der Waals surface area contributed by atoms with Gasteiger partial charge >= 0.3 is 6.29 Å². The fraction of sp³-hybridized carbons (Fsp3) is 0.125. The number of H-pyrrole nitrogens is 1. The molecule has 106 valence electrons. The van der Waals surface area contributed by atoms with Crippen LogP contribution in [-0.2, 0) is 0 Å². The van der Waals surface area contributed by atoms with E-state index in [1.54, 1.807) is 18.3 Å². The van der Waals surface area contributed by atoms with Crippen LogP contribution in [0.15, 0.2) is 42.6 Å². The lowest BCUT2D eigenvalue weighted by Gasteiger charge is -2.06. The zero-order valence-corrected chi connectivity index (χ0v) is 11.1. The average Bonchev–Trinajstić information content (AvgIpc) is 2.96. The highest BCUT2D eigenvalue weighted by molar-refractivity contribution is 5.98. The van der Waals surface area contributed by atoms with Gasteiger partial charge < -0.3 is 14.5 Å². The number of aromatic nitrogens is 1. The normalized spacial score (nSPS) is 15.6. The number of alkyl halides is 2. The van der Waals surface area contributed by atoms with Crippen LogP contribution in [-0.4, -0.2) is 11.3 Å². The van der Waals surface area contributed by atoms with Gasteiger partial charge in [-0.15, -0.1) is 8.78 Å². The lowest BCUT2D eigenvalue weighted by Crippen LogP contribution is -2.26. The zero-order chi connectivity index (χ0) is 14.6. The highest BCUT2D eigenvalue weighted by atomic mass is 19.3. The van der Waals surface area contributed by atoms with Crippen LogP contribution in [0, 0.1) is 6.92 Å². The van der Waals surface area contributed by atoms with Crippen molar-refractivity contribution in [3.63, 3.8) is 0 Å². The van der Waals surface area contributed by atoms with Gasteiger partial charge in [-0.05, 0) is 25.1 Å². The van der Waals surface area contributed by atoms with Gasteiger partial charge in [0.15, 0.2) is 11.5 Å². The number of aromatic amines is 1. The molecule has 2 heterocycles. The summed E-state index contributed by atoms with van der Waals surface area (Å²) >= 11 is 0. The quantitative estimate of drug-likeness (QED) is 0.716. The van der Waals surface area contributed by atoms with Gasteiger partial charge in [-0.1, -0.05) is 23.8 Å². The molecule has 0 aliphatic carbocycles. The molecule has 0 spiro atoms. The molecule has 5 heteroatoms. The van der Waals surface area contributed by atoms with E-state index in [0.29, 0.717) is 5.56 Å². The van der Waals surface area contributed by atoms with Gasteiger partial charge in [0, 0.05) is 28.2 Å². The van der Waals surface area contributed by atoms with Crippen LogP contribution in [0.2, 0.25) is 0 Å². The summed E-state index contributed by atoms with van der Waals surface area (Å²) in [6, 6.07) is 10.9. The standard InChI is InChI=1S/C16H11F2NO2/c1-9-5-6-13-11(7-9)12(8-19-13)10-3-2-4-14-15(10)21-16(17,18)20-14/h2-8,19H,1H3. The van der Waals surface area contributed by atoms with Crippen LogP contribution in [0.3, 0.4) is 0 Å². The summed E-state index contributed by atoms with van der Waals surface area (Å²) in [5.41, 5.74) is 3.44. The largest absolute Gasteiger partial charge is 0.586 e. The molecule has 1 aliphatic heterocycles. The van der Waals surface area contributed by atoms with E-state index in [9.17, 15) is 8.78 Å². The lowest BCUT2D eigenvalue weighted by molar-refractivity contribution is -0.286. The van der Waals surface area contributed by atoms with Crippen molar-refractivity contribution in [1.82, 2.24) is 4.98 Å². The van der Waals surface area contributed by atoms with Crippen molar-refractivity contribution in [3.05, 3.63) is 48.2 Å². The minimum Gasteiger partial charge on any atom is -0.395 e. The number of aryl methyl sites for hydroxylation is 1. The molecule has 3 aromatic rings. The van der Waals surface area contributed by atoms with Crippen molar-refractivity contribution in [3.8, 4) is 22.6 Å². The van der Waals surface area contributed by atoms with E-state index in [1.165, 1.54) is 6.07 Å². The van der Waals surface area contributed by atoms with Gasteiger partial charge in [0.1, 0.15) is 0 Å². The Bertz CT molecular complexity index is 855. The fourth-order valence-corrected chi connectivity index (χ4v) is 2.64. The van der Waals surface area contributed by atoms with Crippen LogP contribution in [0.25, 0.3) is 22.0 Å². The third-order valence-electron chi connectivity index (χ3n) is 3.56. The molecular formula is C16H11F2NO2. The number of para-hydroxylation sites is 1. The van der Waals surface area contributed by atoms with Crippen molar-refractivity contribution >= 4 is 10.9 Å². The molecule has 0 fully saturated rings. The first-order valence-corrected chi connectivity index (χ1v) is 6.50. The molecule has 4 rings (SSSR count). The van der Waals surface area contributed by atoms with Gasteiger partial charge in [0.25, 0.3) is 0 Å². The second kappa shape index (κ2) is 3.97. The summed E-state index contributed by atoms with van der Waals surface area (Å²) in [5.74, 6) is 0.129. The maximum absolute atomic E-state index is 13.3. The van der Waals surface area contributed by atoms with Gasteiger partial charge in [-0.2, -0.15) is 0 Å². The Labute approximate surface area is 119 Å². The second-order valence-corrected chi connectivity index (χ2v) is 5.05. The topological polar surface area (TPSA) is 34.2 Å². The predicted octanol–water partition coefficient (Wildman–Crippen LogP) is 4.46. The van der Waals surface area contributed by atoms with Crippen molar-refractivity contribution < 1.29 is 18.3 Å². The number of hydrogen-bond donors (Lipinski definition) is 1. The number of halogens is 2. The van der Waals surface area contributed by atoms with Crippen LogP contribution in [0.5, 0.6) is 11.5 Å². The monoisotopic (exact) mass is 287 g/mol. The van der Waals surface area contributed by atoms with E-state index in [4.69, 9.17) is 0 Å². The van der Waals surface area contributed by atoms with Crippen molar-refractivity contribution in [2.75, 3.05) is 0 Å². The number of benzene rings is 2. The predicted molar refractivity (Wildman–Crippen MR) is 74.7 cm³/mol. The first-order chi connectivity index (χ1) is 10.0. The summed E-state index contributed by atoms with van der Waals surface area (Å²) in [7, 11) is 0. The van der Waals surface area contributed by atoms with Crippen LogP contribution in [0.4, 0.5) is 8.78 Å². The van der Waals surface area contributed by atoms with E-state index >= 15 is 0 Å². The molecule has 1 N–H and O–H groups in total. The zero-order valence-electron chi connectivity index (χ0n) is 11.1. The highest BCUT2D eigenvalue weighted by Gasteiger charge is 2.44. The van der Waals surface area contributed by atoms with Crippen LogP contribution < -0.4 is 9.47 Å². The third-order valence-corrected chi connectivity index (χ3v) is 3.56. The minimum atomic E-state index is -3.61. The summed E-state index contributed by atoms with van der Waals surface area (Å²) in [6.45, 7) is 1.99. The fourth-order valence-electron chi connectivity index (χ4n) is 2.64. The molecule has 3 nitrogen and oxygen atoms in total. The minimum absolute atomic E-state index is 0.0551. The summed E-state index contributed by atoms with van der Waals surface area (Å²) in [6.07, 6.45) is -1.82. The molecule has 0 amide bonds. The molecule has 0 atom stereocenters. The molecule has 2 aromatic carbocycles. The molecule has 0 unspecified atom stereocenters. The molecule has 0 saturated heterocycles. The smallest absolute Gasteiger partial charge is 0.395 e. The molecule has 1 aliphatic rings. The number of rotatable bonds is 1. The van der Waals surface area contributed by atoms with E-state index in [2.05, 4.69) is 14.5 Å². The maximum atomic E-state index is 13.3. The van der Waals surface area contributed by atoms with Gasteiger partial charge in [-0.25, -0.2) is 0 Å². The highest BCUT2D eigenvalue weighted by Crippen LogP contribution is 2.48. The Morgan fingerprint density at radius 3 is 2.76 bits per heavy atom. The molecule has 0 saturated carbocycles. The molecular weight excluding hydrogens is 276 g/mol. The Balaban J connectivity index is 1.95. The van der Waals surface area contributed by atoms with Crippen LogP contribution >= 0.6 is 0 Å². The SMILES string of the molecule is Cc1ccc2[nH]cc(-c3cccc4c3OC(F)(F)O4)c2c1. The van der Waals surface area contributed by atoms with E-state index < -0.39 is 6.29 Å². The number of fused-ring (bicyclic) bond motifs is 2. The van der Waals surface area contributed by atoms with Gasteiger partial charge in [0.2, 0.25) is 0 Å². The molecule has 0 radical (unpaired) electrons. The summed E-state index contributed by atoms with van der Waals surface area (Å²) in [4.78, 5) is 3.14. The maximum Gasteiger partial charge on any atom is 0.586 e. The van der Waals surface area contributed by atoms with E-state index in [-0.39, 0.29) is 11.5 Å². The van der Waals surface area contributed by atoms with E-state index in [0.717, 1.165) is 22.0 Å². The van der Waals surface area contributed by atoms with Gasteiger partial charge in [-0.3, -0.25) is 0 Å². The summed E-state index contributed by atoms with van der Waals surface area (Å²) < 4.78 is 35.7. The molecule has 0 bridgehead atoms. The summed E-state index contributed by atoms with van der Waals surface area (Å²) in [5, 5.41) is 0.960. The third kappa shape index (κ3) is 1.85. The van der Waals surface area contributed by atoms with E-state index in [1.807, 2.05) is 25.1 Å². The van der Waals surface area contributed by atoms with Crippen molar-refractivity contribution in [2.45, 2.75) is 13.2 Å². The Hall–Kier alpha value is -2.56. The number of ether oxygens (including phenoxy) is 2. The Kier molecular flexibility index (Phi) is 2.31. The molecule has 21 heavy (non-hydrogen) atoms. The first kappa shape index (κ1) is 12.2. The van der Waals surface area contributed by atoms with Crippen molar-refractivity contribution in [2.24, 2.45) is 0 Å².